The van der Waals surface area contributed by atoms with Crippen molar-refractivity contribution in [3.63, 3.8) is 0 Å². The molecule has 17 heavy (non-hydrogen) atoms. The van der Waals surface area contributed by atoms with E-state index in [4.69, 9.17) is 0 Å². The van der Waals surface area contributed by atoms with Crippen molar-refractivity contribution < 1.29 is 9.53 Å². The number of rotatable bonds is 2. The molecule has 1 aliphatic rings. The first-order chi connectivity index (χ1) is 8.20. The number of hydrogen-bond donors (Lipinski definition) is 0. The van der Waals surface area contributed by atoms with Gasteiger partial charge in [0.25, 0.3) is 0 Å². The SMILES string of the molecule is COC(=O)c1ccc(C2=CCN(Br)CC2)cc1. The maximum Gasteiger partial charge on any atom is 0.337 e. The zero-order valence-corrected chi connectivity index (χ0v) is 11.2. The lowest BCUT2D eigenvalue weighted by Crippen LogP contribution is -2.17. The summed E-state index contributed by atoms with van der Waals surface area (Å²) in [6.45, 7) is 1.92. The second kappa shape index (κ2) is 5.47. The molecule has 0 aliphatic carbocycles. The Bertz CT molecular complexity index is 439. The largest absolute Gasteiger partial charge is 0.465 e. The van der Waals surface area contributed by atoms with E-state index in [-0.39, 0.29) is 5.97 Å². The van der Waals surface area contributed by atoms with Gasteiger partial charge in [-0.05, 0) is 29.7 Å². The predicted molar refractivity (Wildman–Crippen MR) is 70.9 cm³/mol. The zero-order valence-electron chi connectivity index (χ0n) is 9.65. The van der Waals surface area contributed by atoms with E-state index in [1.54, 1.807) is 0 Å². The summed E-state index contributed by atoms with van der Waals surface area (Å²) in [5, 5.41) is 0. The van der Waals surface area contributed by atoms with Gasteiger partial charge in [0.05, 0.1) is 12.7 Å². The first kappa shape index (κ1) is 12.3. The van der Waals surface area contributed by atoms with Crippen molar-refractivity contribution in [2.45, 2.75) is 6.42 Å². The van der Waals surface area contributed by atoms with Crippen LogP contribution in [0.5, 0.6) is 0 Å². The van der Waals surface area contributed by atoms with E-state index in [2.05, 4.69) is 30.9 Å². The van der Waals surface area contributed by atoms with Crippen LogP contribution in [-0.2, 0) is 4.74 Å². The fourth-order valence-corrected chi connectivity index (χ4v) is 2.17. The van der Waals surface area contributed by atoms with Gasteiger partial charge in [-0.25, -0.2) is 8.72 Å². The van der Waals surface area contributed by atoms with Crippen LogP contribution in [0.1, 0.15) is 22.3 Å². The van der Waals surface area contributed by atoms with Crippen LogP contribution in [0.2, 0.25) is 0 Å². The van der Waals surface area contributed by atoms with Crippen molar-refractivity contribution in [2.75, 3.05) is 20.2 Å². The maximum atomic E-state index is 11.3. The normalized spacial score (nSPS) is 16.5. The molecule has 0 saturated heterocycles. The molecule has 0 saturated carbocycles. The van der Waals surface area contributed by atoms with Gasteiger partial charge in [-0.15, -0.1) is 0 Å². The molecule has 0 unspecified atom stereocenters. The van der Waals surface area contributed by atoms with Crippen molar-refractivity contribution in [3.8, 4) is 0 Å². The Hall–Kier alpha value is -1.13. The minimum Gasteiger partial charge on any atom is -0.465 e. The van der Waals surface area contributed by atoms with E-state index in [1.165, 1.54) is 18.2 Å². The smallest absolute Gasteiger partial charge is 0.337 e. The van der Waals surface area contributed by atoms with Crippen molar-refractivity contribution in [1.82, 2.24) is 3.93 Å². The van der Waals surface area contributed by atoms with Crippen LogP contribution in [-0.4, -0.2) is 30.1 Å². The summed E-state index contributed by atoms with van der Waals surface area (Å²) in [4.78, 5) is 11.3. The molecule has 0 atom stereocenters. The highest BCUT2D eigenvalue weighted by Crippen LogP contribution is 2.23. The van der Waals surface area contributed by atoms with E-state index in [0.717, 1.165) is 19.5 Å². The molecule has 4 heteroatoms. The molecule has 0 fully saturated rings. The number of nitrogens with zero attached hydrogens (tertiary/aromatic N) is 1. The summed E-state index contributed by atoms with van der Waals surface area (Å²) in [6, 6.07) is 7.56. The lowest BCUT2D eigenvalue weighted by Gasteiger charge is -2.20. The number of methoxy groups -OCH3 is 1. The maximum absolute atomic E-state index is 11.3. The van der Waals surface area contributed by atoms with Crippen LogP contribution in [0.15, 0.2) is 30.3 Å². The lowest BCUT2D eigenvalue weighted by molar-refractivity contribution is 0.0601. The van der Waals surface area contributed by atoms with Crippen molar-refractivity contribution in [3.05, 3.63) is 41.5 Å². The number of benzene rings is 1. The minimum atomic E-state index is -0.291. The quantitative estimate of drug-likeness (QED) is 0.621. The molecule has 0 N–H and O–H groups in total. The van der Waals surface area contributed by atoms with Crippen LogP contribution in [0.3, 0.4) is 0 Å². The summed E-state index contributed by atoms with van der Waals surface area (Å²) in [5.41, 5.74) is 3.10. The molecule has 90 valence electrons. The summed E-state index contributed by atoms with van der Waals surface area (Å²) < 4.78 is 6.77. The molecule has 1 heterocycles. The van der Waals surface area contributed by atoms with E-state index < -0.39 is 0 Å². The number of ether oxygens (including phenoxy) is 1. The highest BCUT2D eigenvalue weighted by atomic mass is 79.9. The predicted octanol–water partition coefficient (Wildman–Crippen LogP) is 2.87. The van der Waals surface area contributed by atoms with Crippen LogP contribution < -0.4 is 0 Å². The number of hydrogen-bond acceptors (Lipinski definition) is 3. The number of esters is 1. The van der Waals surface area contributed by atoms with Crippen LogP contribution >= 0.6 is 16.1 Å². The van der Waals surface area contributed by atoms with Crippen molar-refractivity contribution >= 4 is 27.7 Å². The topological polar surface area (TPSA) is 29.5 Å². The van der Waals surface area contributed by atoms with E-state index in [1.807, 2.05) is 24.3 Å². The first-order valence-electron chi connectivity index (χ1n) is 5.49. The minimum absolute atomic E-state index is 0.291. The number of carbonyl (C=O) groups is 1. The molecule has 3 nitrogen and oxygen atoms in total. The third-order valence-corrected chi connectivity index (χ3v) is 3.48. The number of carbonyl (C=O) groups excluding carboxylic acids is 1. The van der Waals surface area contributed by atoms with Crippen LogP contribution in [0, 0.1) is 0 Å². The standard InChI is InChI=1S/C13H14BrNO2/c1-17-13(16)12-4-2-10(3-5-12)11-6-8-15(14)9-7-11/h2-6H,7-9H2,1H3. The fourth-order valence-electron chi connectivity index (χ4n) is 1.84. The lowest BCUT2D eigenvalue weighted by atomic mass is 9.99. The molecule has 1 aliphatic heterocycles. The molecule has 1 aromatic carbocycles. The zero-order chi connectivity index (χ0) is 12.3. The highest BCUT2D eigenvalue weighted by molar-refractivity contribution is 9.07. The second-order valence-electron chi connectivity index (χ2n) is 3.92. The van der Waals surface area contributed by atoms with E-state index >= 15 is 0 Å². The molecular formula is C13H14BrNO2. The third-order valence-electron chi connectivity index (χ3n) is 2.84. The van der Waals surface area contributed by atoms with Crippen LogP contribution in [0.4, 0.5) is 0 Å². The summed E-state index contributed by atoms with van der Waals surface area (Å²) >= 11 is 3.46. The molecule has 0 spiro atoms. The summed E-state index contributed by atoms with van der Waals surface area (Å²) in [5.74, 6) is -0.291. The van der Waals surface area contributed by atoms with Gasteiger partial charge in [-0.2, -0.15) is 0 Å². The second-order valence-corrected chi connectivity index (χ2v) is 4.92. The Labute approximate surface area is 109 Å². The van der Waals surface area contributed by atoms with Gasteiger partial charge in [0.2, 0.25) is 0 Å². The Balaban J connectivity index is 2.16. The van der Waals surface area contributed by atoms with Gasteiger partial charge >= 0.3 is 5.97 Å². The molecular weight excluding hydrogens is 282 g/mol. The van der Waals surface area contributed by atoms with Crippen LogP contribution in [0.25, 0.3) is 5.57 Å². The molecule has 2 rings (SSSR count). The average molecular weight is 296 g/mol. The molecule has 1 aromatic rings. The Morgan fingerprint density at radius 3 is 2.59 bits per heavy atom. The molecule has 0 radical (unpaired) electrons. The highest BCUT2D eigenvalue weighted by Gasteiger charge is 2.11. The molecule has 0 bridgehead atoms. The van der Waals surface area contributed by atoms with E-state index in [9.17, 15) is 4.79 Å². The number of halogens is 1. The fraction of sp³-hybridized carbons (Fsp3) is 0.308. The van der Waals surface area contributed by atoms with E-state index in [0.29, 0.717) is 5.56 Å². The van der Waals surface area contributed by atoms with Crippen molar-refractivity contribution in [2.24, 2.45) is 0 Å². The average Bonchev–Trinajstić information content (AvgIpc) is 2.39. The van der Waals surface area contributed by atoms with Gasteiger partial charge in [0.1, 0.15) is 0 Å². The van der Waals surface area contributed by atoms with Crippen molar-refractivity contribution in [1.29, 1.82) is 0 Å². The Morgan fingerprint density at radius 2 is 2.06 bits per heavy atom. The van der Waals surface area contributed by atoms with Gasteiger partial charge in [-0.1, -0.05) is 18.2 Å². The summed E-state index contributed by atoms with van der Waals surface area (Å²) in [7, 11) is 1.39. The monoisotopic (exact) mass is 295 g/mol. The van der Waals surface area contributed by atoms with Gasteiger partial charge in [0, 0.05) is 29.2 Å². The Kier molecular flexibility index (Phi) is 3.97. The van der Waals surface area contributed by atoms with Gasteiger partial charge < -0.3 is 4.74 Å². The Morgan fingerprint density at radius 1 is 1.35 bits per heavy atom. The molecule has 0 aromatic heterocycles. The van der Waals surface area contributed by atoms with Gasteiger partial charge in [-0.3, -0.25) is 0 Å². The summed E-state index contributed by atoms with van der Waals surface area (Å²) in [6.07, 6.45) is 3.22. The van der Waals surface area contributed by atoms with Gasteiger partial charge in [0.15, 0.2) is 0 Å². The third kappa shape index (κ3) is 2.96. The molecule has 0 amide bonds. The first-order valence-corrected chi connectivity index (χ1v) is 6.20.